The molecule has 1 fully saturated rings. The quantitative estimate of drug-likeness (QED) is 0.711. The monoisotopic (exact) mass is 224 g/mol. The number of nitrogens with zero attached hydrogens (tertiary/aromatic N) is 1. The normalized spacial score (nSPS) is 20.6. The molecule has 1 aliphatic rings. The maximum Gasteiger partial charge on any atom is 0.253 e. The third-order valence-corrected chi connectivity index (χ3v) is 2.66. The number of halogens is 2. The van der Waals surface area contributed by atoms with Crippen LogP contribution < -0.4 is 5.32 Å². The molecule has 0 unspecified atom stereocenters. The molecule has 0 spiro atoms. The third kappa shape index (κ3) is 3.71. The van der Waals surface area contributed by atoms with Gasteiger partial charge in [0.15, 0.2) is 4.84 Å². The molecule has 5 heteroatoms. The van der Waals surface area contributed by atoms with Crippen LogP contribution in [0.3, 0.4) is 0 Å². The lowest BCUT2D eigenvalue weighted by Gasteiger charge is -2.29. The average Bonchev–Trinajstić information content (AvgIpc) is 2.08. The highest BCUT2D eigenvalue weighted by Gasteiger charge is 2.20. The van der Waals surface area contributed by atoms with Crippen LogP contribution in [0.15, 0.2) is 0 Å². The van der Waals surface area contributed by atoms with Crippen molar-refractivity contribution in [3.05, 3.63) is 0 Å². The summed E-state index contributed by atoms with van der Waals surface area (Å²) in [6.45, 7) is 2.03. The molecule has 0 bridgehead atoms. The third-order valence-electron chi connectivity index (χ3n) is 2.26. The summed E-state index contributed by atoms with van der Waals surface area (Å²) >= 11 is 10.8. The Kier molecular flexibility index (Phi) is 4.29. The summed E-state index contributed by atoms with van der Waals surface area (Å²) in [4.78, 5) is 12.4. The number of hydrogen-bond donors (Lipinski definition) is 1. The maximum absolute atomic E-state index is 11.1. The second-order valence-corrected chi connectivity index (χ2v) is 4.48. The number of likely N-dealkylation sites (tertiary alicyclic amines) is 1. The Morgan fingerprint density at radius 1 is 1.46 bits per heavy atom. The summed E-state index contributed by atoms with van der Waals surface area (Å²) in [5, 5.41) is 2.81. The number of nitrogens with one attached hydrogen (secondary N) is 1. The van der Waals surface area contributed by atoms with E-state index < -0.39 is 4.84 Å². The van der Waals surface area contributed by atoms with Crippen molar-refractivity contribution in [2.75, 3.05) is 20.1 Å². The van der Waals surface area contributed by atoms with Gasteiger partial charge in [0, 0.05) is 6.04 Å². The van der Waals surface area contributed by atoms with Crippen molar-refractivity contribution in [3.63, 3.8) is 0 Å². The van der Waals surface area contributed by atoms with Crippen molar-refractivity contribution in [1.82, 2.24) is 10.2 Å². The molecule has 0 aromatic heterocycles. The Bertz CT molecular complexity index is 179. The van der Waals surface area contributed by atoms with Crippen molar-refractivity contribution in [3.8, 4) is 0 Å². The van der Waals surface area contributed by atoms with E-state index in [-0.39, 0.29) is 11.9 Å². The molecule has 1 rings (SSSR count). The molecule has 76 valence electrons. The van der Waals surface area contributed by atoms with Gasteiger partial charge in [-0.15, -0.1) is 0 Å². The zero-order valence-electron chi connectivity index (χ0n) is 7.59. The van der Waals surface area contributed by atoms with Gasteiger partial charge in [0.05, 0.1) is 0 Å². The van der Waals surface area contributed by atoms with Gasteiger partial charge in [-0.2, -0.15) is 0 Å². The fourth-order valence-electron chi connectivity index (χ4n) is 1.42. The van der Waals surface area contributed by atoms with Crippen LogP contribution in [0, 0.1) is 0 Å². The van der Waals surface area contributed by atoms with E-state index in [0.29, 0.717) is 0 Å². The average molecular weight is 225 g/mol. The van der Waals surface area contributed by atoms with Crippen molar-refractivity contribution >= 4 is 29.1 Å². The molecule has 1 amide bonds. The maximum atomic E-state index is 11.1. The Morgan fingerprint density at radius 3 is 2.46 bits per heavy atom. The first-order valence-electron chi connectivity index (χ1n) is 4.36. The predicted octanol–water partition coefficient (Wildman–Crippen LogP) is 1.00. The number of carbonyl (C=O) groups excluding carboxylic acids is 1. The number of hydrogen-bond acceptors (Lipinski definition) is 2. The van der Waals surface area contributed by atoms with E-state index in [1.54, 1.807) is 0 Å². The van der Waals surface area contributed by atoms with Crippen LogP contribution in [0.25, 0.3) is 0 Å². The summed E-state index contributed by atoms with van der Waals surface area (Å²) in [6, 6.07) is 0.240. The highest BCUT2D eigenvalue weighted by molar-refractivity contribution is 6.53. The summed E-state index contributed by atoms with van der Waals surface area (Å²) < 4.78 is 0. The molecule has 1 saturated heterocycles. The molecule has 13 heavy (non-hydrogen) atoms. The first-order chi connectivity index (χ1) is 6.09. The number of carbonyl (C=O) groups is 1. The van der Waals surface area contributed by atoms with Crippen LogP contribution in [0.2, 0.25) is 0 Å². The molecule has 0 radical (unpaired) electrons. The molecular formula is C8H14Cl2N2O. The SMILES string of the molecule is CN1CCC(NC(=O)C(Cl)Cl)CC1. The molecule has 3 nitrogen and oxygen atoms in total. The minimum atomic E-state index is -0.945. The van der Waals surface area contributed by atoms with Crippen LogP contribution in [-0.2, 0) is 4.79 Å². The van der Waals surface area contributed by atoms with Gasteiger partial charge in [-0.3, -0.25) is 4.79 Å². The Balaban J connectivity index is 2.26. The molecular weight excluding hydrogens is 211 g/mol. The van der Waals surface area contributed by atoms with Gasteiger partial charge in [-0.25, -0.2) is 0 Å². The summed E-state index contributed by atoms with van der Waals surface area (Å²) in [5.74, 6) is -0.280. The predicted molar refractivity (Wildman–Crippen MR) is 54.2 cm³/mol. The van der Waals surface area contributed by atoms with Crippen molar-refractivity contribution in [2.24, 2.45) is 0 Å². The Labute approximate surface area is 88.4 Å². The van der Waals surface area contributed by atoms with E-state index in [1.165, 1.54) is 0 Å². The van der Waals surface area contributed by atoms with E-state index in [0.717, 1.165) is 25.9 Å². The van der Waals surface area contributed by atoms with E-state index in [2.05, 4.69) is 17.3 Å². The smallest absolute Gasteiger partial charge is 0.253 e. The second-order valence-electron chi connectivity index (χ2n) is 3.39. The summed E-state index contributed by atoms with van der Waals surface area (Å²) in [7, 11) is 2.07. The Hall–Kier alpha value is 0.01000. The lowest BCUT2D eigenvalue weighted by atomic mass is 10.1. The van der Waals surface area contributed by atoms with E-state index in [4.69, 9.17) is 23.2 Å². The van der Waals surface area contributed by atoms with E-state index in [9.17, 15) is 4.79 Å². The van der Waals surface area contributed by atoms with Crippen LogP contribution in [0.4, 0.5) is 0 Å². The molecule has 0 aromatic rings. The van der Waals surface area contributed by atoms with Gasteiger partial charge in [0.1, 0.15) is 0 Å². The zero-order chi connectivity index (χ0) is 9.84. The highest BCUT2D eigenvalue weighted by Crippen LogP contribution is 2.09. The molecule has 1 N–H and O–H groups in total. The largest absolute Gasteiger partial charge is 0.351 e. The molecule has 0 aliphatic carbocycles. The van der Waals surface area contributed by atoms with E-state index in [1.807, 2.05) is 0 Å². The standard InChI is InChI=1S/C8H14Cl2N2O/c1-12-4-2-6(3-5-12)11-8(13)7(9)10/h6-7H,2-5H2,1H3,(H,11,13). The second kappa shape index (κ2) is 5.03. The van der Waals surface area contributed by atoms with Crippen molar-refractivity contribution in [1.29, 1.82) is 0 Å². The zero-order valence-corrected chi connectivity index (χ0v) is 9.11. The van der Waals surface area contributed by atoms with Crippen molar-refractivity contribution < 1.29 is 4.79 Å². The number of alkyl halides is 2. The number of rotatable bonds is 2. The van der Waals surface area contributed by atoms with E-state index >= 15 is 0 Å². The topological polar surface area (TPSA) is 32.3 Å². The van der Waals surface area contributed by atoms with Gasteiger partial charge in [0.25, 0.3) is 5.91 Å². The van der Waals surface area contributed by atoms with Crippen LogP contribution in [-0.4, -0.2) is 41.8 Å². The lowest BCUT2D eigenvalue weighted by molar-refractivity contribution is -0.120. The molecule has 1 aliphatic heterocycles. The fraction of sp³-hybridized carbons (Fsp3) is 0.875. The van der Waals surface area contributed by atoms with Crippen LogP contribution >= 0.6 is 23.2 Å². The summed E-state index contributed by atoms with van der Waals surface area (Å²) in [6.07, 6.45) is 1.95. The summed E-state index contributed by atoms with van der Waals surface area (Å²) in [5.41, 5.74) is 0. The van der Waals surface area contributed by atoms with Gasteiger partial charge in [-0.05, 0) is 33.0 Å². The van der Waals surface area contributed by atoms with Gasteiger partial charge in [0.2, 0.25) is 0 Å². The first-order valence-corrected chi connectivity index (χ1v) is 5.24. The molecule has 0 saturated carbocycles. The van der Waals surface area contributed by atoms with Crippen LogP contribution in [0.1, 0.15) is 12.8 Å². The van der Waals surface area contributed by atoms with Gasteiger partial charge < -0.3 is 10.2 Å². The van der Waals surface area contributed by atoms with Gasteiger partial charge >= 0.3 is 0 Å². The molecule has 0 atom stereocenters. The highest BCUT2D eigenvalue weighted by atomic mass is 35.5. The number of amides is 1. The molecule has 0 aromatic carbocycles. The minimum Gasteiger partial charge on any atom is -0.351 e. The number of piperidine rings is 1. The Morgan fingerprint density at radius 2 is 2.00 bits per heavy atom. The minimum absolute atomic E-state index is 0.240. The van der Waals surface area contributed by atoms with Crippen molar-refractivity contribution in [2.45, 2.75) is 23.7 Å². The van der Waals surface area contributed by atoms with Crippen LogP contribution in [0.5, 0.6) is 0 Å². The lowest BCUT2D eigenvalue weighted by Crippen LogP contribution is -2.44. The van der Waals surface area contributed by atoms with Gasteiger partial charge in [-0.1, -0.05) is 23.2 Å². The first kappa shape index (κ1) is 11.1. The molecule has 1 heterocycles. The fourth-order valence-corrected chi connectivity index (χ4v) is 1.54.